The van der Waals surface area contributed by atoms with Gasteiger partial charge in [-0.05, 0) is 32.9 Å². The lowest BCUT2D eigenvalue weighted by molar-refractivity contribution is -0.0589. The molecular weight excluding hydrogens is 216 g/mol. The van der Waals surface area contributed by atoms with E-state index in [2.05, 4.69) is 10.5 Å². The highest BCUT2D eigenvalue weighted by atomic mass is 16.7. The van der Waals surface area contributed by atoms with E-state index >= 15 is 0 Å². The molecule has 0 aliphatic rings. The van der Waals surface area contributed by atoms with Crippen molar-refractivity contribution in [3.8, 4) is 0 Å². The van der Waals surface area contributed by atoms with Gasteiger partial charge in [0.2, 0.25) is 0 Å². The number of fused-ring (bicyclic) bond motifs is 1. The number of rotatable bonds is 2. The number of hydrogen-bond donors (Lipinski definition) is 2. The van der Waals surface area contributed by atoms with E-state index in [4.69, 9.17) is 4.84 Å². The van der Waals surface area contributed by atoms with Crippen molar-refractivity contribution < 1.29 is 9.63 Å². The van der Waals surface area contributed by atoms with E-state index in [0.717, 1.165) is 10.9 Å². The largest absolute Gasteiger partial charge is 0.361 e. The molecular formula is C13H16N2O2. The van der Waals surface area contributed by atoms with E-state index < -0.39 is 5.60 Å². The van der Waals surface area contributed by atoms with Gasteiger partial charge < -0.3 is 4.98 Å². The molecule has 0 unspecified atom stereocenters. The van der Waals surface area contributed by atoms with Gasteiger partial charge in [0, 0.05) is 11.6 Å². The minimum absolute atomic E-state index is 0.243. The first-order chi connectivity index (χ1) is 7.97. The van der Waals surface area contributed by atoms with Crippen LogP contribution in [0.1, 0.15) is 31.1 Å². The molecule has 17 heavy (non-hydrogen) atoms. The molecule has 1 amide bonds. The molecule has 0 bridgehead atoms. The molecule has 2 N–H and O–H groups in total. The van der Waals surface area contributed by atoms with Gasteiger partial charge in [0.05, 0.1) is 16.7 Å². The molecule has 4 heteroatoms. The molecule has 0 aliphatic heterocycles. The van der Waals surface area contributed by atoms with E-state index in [1.54, 1.807) is 6.07 Å². The third-order valence-corrected chi connectivity index (χ3v) is 2.28. The van der Waals surface area contributed by atoms with Gasteiger partial charge in [-0.15, -0.1) is 0 Å². The average Bonchev–Trinajstić information content (AvgIpc) is 2.72. The molecule has 90 valence electrons. The fraction of sp³-hybridized carbons (Fsp3) is 0.308. The van der Waals surface area contributed by atoms with Crippen LogP contribution < -0.4 is 5.48 Å². The maximum Gasteiger partial charge on any atom is 0.276 e. The van der Waals surface area contributed by atoms with Crippen LogP contribution in [-0.4, -0.2) is 16.5 Å². The maximum atomic E-state index is 11.9. The lowest BCUT2D eigenvalue weighted by Gasteiger charge is -2.19. The number of hydrogen-bond acceptors (Lipinski definition) is 2. The molecule has 0 radical (unpaired) electrons. The number of para-hydroxylation sites is 1. The highest BCUT2D eigenvalue weighted by Gasteiger charge is 2.15. The summed E-state index contributed by atoms with van der Waals surface area (Å²) in [6.45, 7) is 5.63. The summed E-state index contributed by atoms with van der Waals surface area (Å²) in [5.74, 6) is -0.243. The zero-order valence-corrected chi connectivity index (χ0v) is 10.2. The summed E-state index contributed by atoms with van der Waals surface area (Å²) >= 11 is 0. The van der Waals surface area contributed by atoms with Crippen molar-refractivity contribution in [1.29, 1.82) is 0 Å². The number of aromatic nitrogens is 1. The molecule has 0 saturated heterocycles. The molecule has 0 saturated carbocycles. The molecule has 2 aromatic rings. The van der Waals surface area contributed by atoms with E-state index in [1.165, 1.54) is 0 Å². The van der Waals surface area contributed by atoms with Gasteiger partial charge in [-0.2, -0.15) is 0 Å². The van der Waals surface area contributed by atoms with Crippen LogP contribution in [0, 0.1) is 0 Å². The first kappa shape index (κ1) is 11.7. The second-order valence-corrected chi connectivity index (χ2v) is 4.89. The summed E-state index contributed by atoms with van der Waals surface area (Å²) in [6, 6.07) is 7.49. The number of carbonyl (C=O) groups excluding carboxylic acids is 1. The van der Waals surface area contributed by atoms with E-state index in [0.29, 0.717) is 5.56 Å². The lowest BCUT2D eigenvalue weighted by atomic mass is 10.1. The van der Waals surface area contributed by atoms with Gasteiger partial charge in [0.15, 0.2) is 0 Å². The Morgan fingerprint density at radius 3 is 2.76 bits per heavy atom. The molecule has 1 heterocycles. The van der Waals surface area contributed by atoms with Crippen molar-refractivity contribution in [1.82, 2.24) is 10.5 Å². The summed E-state index contributed by atoms with van der Waals surface area (Å²) in [4.78, 5) is 20.3. The third kappa shape index (κ3) is 2.65. The fourth-order valence-corrected chi connectivity index (χ4v) is 1.53. The number of aromatic amines is 1. The Labute approximate surface area is 99.9 Å². The second-order valence-electron chi connectivity index (χ2n) is 4.89. The SMILES string of the molecule is CC(C)(C)ONC(=O)c1cccc2cc[nH]c12. The predicted octanol–water partition coefficient (Wildman–Crippen LogP) is 2.63. The predicted molar refractivity (Wildman–Crippen MR) is 66.6 cm³/mol. The number of H-pyrrole nitrogens is 1. The number of amides is 1. The monoisotopic (exact) mass is 232 g/mol. The number of carbonyl (C=O) groups is 1. The summed E-state index contributed by atoms with van der Waals surface area (Å²) in [5, 5.41) is 1.01. The first-order valence-corrected chi connectivity index (χ1v) is 5.52. The van der Waals surface area contributed by atoms with Crippen molar-refractivity contribution >= 4 is 16.8 Å². The summed E-state index contributed by atoms with van der Waals surface area (Å²) < 4.78 is 0. The summed E-state index contributed by atoms with van der Waals surface area (Å²) in [7, 11) is 0. The fourth-order valence-electron chi connectivity index (χ4n) is 1.53. The Balaban J connectivity index is 2.22. The minimum Gasteiger partial charge on any atom is -0.361 e. The van der Waals surface area contributed by atoms with Gasteiger partial charge in [0.25, 0.3) is 5.91 Å². The molecule has 0 atom stereocenters. The van der Waals surface area contributed by atoms with Crippen LogP contribution in [0.4, 0.5) is 0 Å². The van der Waals surface area contributed by atoms with Crippen LogP contribution in [0.3, 0.4) is 0 Å². The molecule has 2 rings (SSSR count). The normalized spacial score (nSPS) is 11.7. The van der Waals surface area contributed by atoms with Crippen LogP contribution in [0.15, 0.2) is 30.5 Å². The second kappa shape index (κ2) is 4.22. The van der Waals surface area contributed by atoms with Crippen LogP contribution >= 0.6 is 0 Å². The summed E-state index contributed by atoms with van der Waals surface area (Å²) in [6.07, 6.45) is 1.81. The Hall–Kier alpha value is -1.81. The Bertz CT molecular complexity index is 538. The molecule has 0 fully saturated rings. The number of hydroxylamine groups is 1. The standard InChI is InChI=1S/C13H16N2O2/c1-13(2,3)17-15-12(16)10-6-4-5-9-7-8-14-11(9)10/h4-8,14H,1-3H3,(H,15,16). The van der Waals surface area contributed by atoms with Crippen LogP contribution in [-0.2, 0) is 4.84 Å². The zero-order chi connectivity index (χ0) is 12.5. The first-order valence-electron chi connectivity index (χ1n) is 5.52. The van der Waals surface area contributed by atoms with Crippen molar-refractivity contribution in [2.45, 2.75) is 26.4 Å². The Kier molecular flexibility index (Phi) is 2.90. The molecule has 0 spiro atoms. The molecule has 4 nitrogen and oxygen atoms in total. The maximum absolute atomic E-state index is 11.9. The van der Waals surface area contributed by atoms with Crippen LogP contribution in [0.2, 0.25) is 0 Å². The Morgan fingerprint density at radius 2 is 2.06 bits per heavy atom. The third-order valence-electron chi connectivity index (χ3n) is 2.28. The van der Waals surface area contributed by atoms with E-state index in [9.17, 15) is 4.79 Å². The lowest BCUT2D eigenvalue weighted by Crippen LogP contribution is -2.33. The van der Waals surface area contributed by atoms with E-state index in [1.807, 2.05) is 45.2 Å². The van der Waals surface area contributed by atoms with Crippen LogP contribution in [0.25, 0.3) is 10.9 Å². The van der Waals surface area contributed by atoms with Crippen LogP contribution in [0.5, 0.6) is 0 Å². The van der Waals surface area contributed by atoms with Gasteiger partial charge >= 0.3 is 0 Å². The molecule has 1 aromatic heterocycles. The molecule has 1 aromatic carbocycles. The number of nitrogens with one attached hydrogen (secondary N) is 2. The quantitative estimate of drug-likeness (QED) is 0.782. The van der Waals surface area contributed by atoms with Crippen molar-refractivity contribution in [2.75, 3.05) is 0 Å². The number of benzene rings is 1. The van der Waals surface area contributed by atoms with Gasteiger partial charge in [0.1, 0.15) is 0 Å². The minimum atomic E-state index is -0.403. The van der Waals surface area contributed by atoms with Crippen molar-refractivity contribution in [3.05, 3.63) is 36.0 Å². The molecule has 0 aliphatic carbocycles. The van der Waals surface area contributed by atoms with Crippen molar-refractivity contribution in [3.63, 3.8) is 0 Å². The zero-order valence-electron chi connectivity index (χ0n) is 10.2. The highest BCUT2D eigenvalue weighted by Crippen LogP contribution is 2.17. The van der Waals surface area contributed by atoms with Gasteiger partial charge in [-0.1, -0.05) is 12.1 Å². The average molecular weight is 232 g/mol. The van der Waals surface area contributed by atoms with Gasteiger partial charge in [-0.3, -0.25) is 9.63 Å². The highest BCUT2D eigenvalue weighted by molar-refractivity contribution is 6.05. The topological polar surface area (TPSA) is 54.1 Å². The van der Waals surface area contributed by atoms with Gasteiger partial charge in [-0.25, -0.2) is 5.48 Å². The smallest absolute Gasteiger partial charge is 0.276 e. The van der Waals surface area contributed by atoms with Crippen molar-refractivity contribution in [2.24, 2.45) is 0 Å². The van der Waals surface area contributed by atoms with E-state index in [-0.39, 0.29) is 5.91 Å². The Morgan fingerprint density at radius 1 is 1.29 bits per heavy atom. The summed E-state index contributed by atoms with van der Waals surface area (Å²) in [5.41, 5.74) is 3.46.